The van der Waals surface area contributed by atoms with E-state index in [-0.39, 0.29) is 24.5 Å². The number of aryl methyl sites for hydroxylation is 1. The van der Waals surface area contributed by atoms with Gasteiger partial charge >= 0.3 is 0 Å². The van der Waals surface area contributed by atoms with Gasteiger partial charge in [0.05, 0.1) is 11.5 Å². The molecule has 0 radical (unpaired) electrons. The number of rotatable bonds is 7. The Morgan fingerprint density at radius 1 is 1.32 bits per heavy atom. The summed E-state index contributed by atoms with van der Waals surface area (Å²) in [5, 5.41) is 0. The van der Waals surface area contributed by atoms with Gasteiger partial charge in [0.15, 0.2) is 9.84 Å². The third kappa shape index (κ3) is 5.60. The predicted octanol–water partition coefficient (Wildman–Crippen LogP) is 0.246. The summed E-state index contributed by atoms with van der Waals surface area (Å²) in [5.41, 5.74) is 12.0. The first-order valence-corrected chi connectivity index (χ1v) is 7.60. The van der Waals surface area contributed by atoms with Crippen molar-refractivity contribution < 1.29 is 17.9 Å². The Labute approximate surface area is 112 Å². The van der Waals surface area contributed by atoms with E-state index in [1.807, 2.05) is 6.92 Å². The van der Waals surface area contributed by atoms with Crippen LogP contribution in [0.3, 0.4) is 0 Å². The summed E-state index contributed by atoms with van der Waals surface area (Å²) in [4.78, 5) is 10.5. The van der Waals surface area contributed by atoms with E-state index in [0.29, 0.717) is 11.4 Å². The maximum Gasteiger partial charge on any atom is 0.218 e. The third-order valence-corrected chi connectivity index (χ3v) is 4.13. The summed E-state index contributed by atoms with van der Waals surface area (Å²) in [6.07, 6.45) is -0.163. The first-order valence-electron chi connectivity index (χ1n) is 5.78. The zero-order chi connectivity index (χ0) is 14.5. The van der Waals surface area contributed by atoms with E-state index in [0.717, 1.165) is 5.56 Å². The molecule has 0 saturated carbocycles. The second kappa shape index (κ2) is 6.42. The van der Waals surface area contributed by atoms with E-state index in [2.05, 4.69) is 0 Å². The molecule has 19 heavy (non-hydrogen) atoms. The Kier molecular flexibility index (Phi) is 5.17. The van der Waals surface area contributed by atoms with Gasteiger partial charge in [-0.2, -0.15) is 0 Å². The van der Waals surface area contributed by atoms with Gasteiger partial charge in [-0.3, -0.25) is 4.79 Å². The van der Waals surface area contributed by atoms with Crippen LogP contribution >= 0.6 is 0 Å². The Hall–Kier alpha value is -1.76. The lowest BCUT2D eigenvalue weighted by Gasteiger charge is -2.09. The van der Waals surface area contributed by atoms with Gasteiger partial charge in [0.1, 0.15) is 12.4 Å². The topological polar surface area (TPSA) is 112 Å². The Balaban J connectivity index is 2.47. The zero-order valence-electron chi connectivity index (χ0n) is 10.8. The lowest BCUT2D eigenvalue weighted by Crippen LogP contribution is -2.21. The van der Waals surface area contributed by atoms with Crippen molar-refractivity contribution in [3.63, 3.8) is 0 Å². The summed E-state index contributed by atoms with van der Waals surface area (Å²) < 4.78 is 28.5. The number of benzene rings is 1. The van der Waals surface area contributed by atoms with Crippen LogP contribution in [0.5, 0.6) is 5.75 Å². The van der Waals surface area contributed by atoms with E-state index in [1.165, 1.54) is 0 Å². The highest BCUT2D eigenvalue weighted by Gasteiger charge is 2.13. The molecule has 0 aliphatic carbocycles. The zero-order valence-corrected chi connectivity index (χ0v) is 11.6. The quantitative estimate of drug-likeness (QED) is 0.697. The third-order valence-electron chi connectivity index (χ3n) is 2.51. The molecule has 1 rings (SSSR count). The molecule has 4 N–H and O–H groups in total. The van der Waals surface area contributed by atoms with Gasteiger partial charge in [-0.25, -0.2) is 8.42 Å². The minimum absolute atomic E-state index is 0.0336. The molecule has 0 aliphatic rings. The number of anilines is 1. The summed E-state index contributed by atoms with van der Waals surface area (Å²) >= 11 is 0. The normalized spacial score (nSPS) is 11.2. The van der Waals surface area contributed by atoms with Crippen molar-refractivity contribution in [2.75, 3.05) is 23.8 Å². The van der Waals surface area contributed by atoms with E-state index in [4.69, 9.17) is 16.2 Å². The van der Waals surface area contributed by atoms with Gasteiger partial charge in [0.25, 0.3) is 0 Å². The van der Waals surface area contributed by atoms with Crippen LogP contribution in [0.25, 0.3) is 0 Å². The lowest BCUT2D eigenvalue weighted by atomic mass is 10.2. The molecule has 0 unspecified atom stereocenters. The number of amides is 1. The molecule has 0 bridgehead atoms. The minimum atomic E-state index is -3.32. The number of hydrogen-bond acceptors (Lipinski definition) is 5. The summed E-state index contributed by atoms with van der Waals surface area (Å²) in [6, 6.07) is 5.13. The van der Waals surface area contributed by atoms with E-state index >= 15 is 0 Å². The fraction of sp³-hybridized carbons (Fsp3) is 0.417. The van der Waals surface area contributed by atoms with E-state index in [1.54, 1.807) is 18.2 Å². The summed E-state index contributed by atoms with van der Waals surface area (Å²) in [6.45, 7) is 1.86. The van der Waals surface area contributed by atoms with Gasteiger partial charge in [-0.1, -0.05) is 0 Å². The molecule has 106 valence electrons. The first kappa shape index (κ1) is 15.3. The van der Waals surface area contributed by atoms with Gasteiger partial charge in [-0.15, -0.1) is 0 Å². The van der Waals surface area contributed by atoms with Gasteiger partial charge in [0, 0.05) is 12.1 Å². The minimum Gasteiger partial charge on any atom is -0.492 e. The molecule has 0 heterocycles. The van der Waals surface area contributed by atoms with Crippen LogP contribution in [0.2, 0.25) is 0 Å². The lowest BCUT2D eigenvalue weighted by molar-refractivity contribution is -0.117. The highest BCUT2D eigenvalue weighted by Crippen LogP contribution is 2.20. The van der Waals surface area contributed by atoms with Crippen molar-refractivity contribution in [1.29, 1.82) is 0 Å². The van der Waals surface area contributed by atoms with Gasteiger partial charge < -0.3 is 16.2 Å². The van der Waals surface area contributed by atoms with Crippen LogP contribution in [0.15, 0.2) is 18.2 Å². The number of hydrogen-bond donors (Lipinski definition) is 2. The molecule has 7 heteroatoms. The van der Waals surface area contributed by atoms with Crippen molar-refractivity contribution in [3.8, 4) is 5.75 Å². The SMILES string of the molecule is Cc1cc(N)ccc1OCCS(=O)(=O)CCC(N)=O. The molecule has 0 spiro atoms. The summed E-state index contributed by atoms with van der Waals surface area (Å²) in [7, 11) is -3.32. The molecule has 0 atom stereocenters. The van der Waals surface area contributed by atoms with E-state index in [9.17, 15) is 13.2 Å². The van der Waals surface area contributed by atoms with Crippen LogP contribution < -0.4 is 16.2 Å². The van der Waals surface area contributed by atoms with Crippen molar-refractivity contribution in [2.45, 2.75) is 13.3 Å². The Morgan fingerprint density at radius 2 is 2.00 bits per heavy atom. The molecule has 6 nitrogen and oxygen atoms in total. The van der Waals surface area contributed by atoms with Gasteiger partial charge in [0.2, 0.25) is 5.91 Å². The van der Waals surface area contributed by atoms with Crippen molar-refractivity contribution in [1.82, 2.24) is 0 Å². The molecule has 1 aromatic carbocycles. The maximum absolute atomic E-state index is 11.6. The van der Waals surface area contributed by atoms with Crippen molar-refractivity contribution in [2.24, 2.45) is 5.73 Å². The number of ether oxygens (including phenoxy) is 1. The number of carbonyl (C=O) groups is 1. The fourth-order valence-electron chi connectivity index (χ4n) is 1.47. The summed E-state index contributed by atoms with van der Waals surface area (Å²) in [5.74, 6) is -0.422. The van der Waals surface area contributed by atoms with Crippen molar-refractivity contribution >= 4 is 21.4 Å². The second-order valence-corrected chi connectivity index (χ2v) is 6.55. The molecule has 0 aliphatic heterocycles. The monoisotopic (exact) mass is 286 g/mol. The number of primary amides is 1. The Bertz CT molecular complexity index is 555. The van der Waals surface area contributed by atoms with Gasteiger partial charge in [-0.05, 0) is 30.7 Å². The van der Waals surface area contributed by atoms with Crippen LogP contribution in [0.4, 0.5) is 5.69 Å². The maximum atomic E-state index is 11.6. The average molecular weight is 286 g/mol. The largest absolute Gasteiger partial charge is 0.492 e. The highest BCUT2D eigenvalue weighted by molar-refractivity contribution is 7.91. The van der Waals surface area contributed by atoms with Crippen LogP contribution in [-0.4, -0.2) is 32.4 Å². The number of carbonyl (C=O) groups excluding carboxylic acids is 1. The van der Waals surface area contributed by atoms with E-state index < -0.39 is 15.7 Å². The molecule has 1 amide bonds. The second-order valence-electron chi connectivity index (χ2n) is 4.24. The predicted molar refractivity (Wildman–Crippen MR) is 73.6 cm³/mol. The molecule has 0 saturated heterocycles. The molecular weight excluding hydrogens is 268 g/mol. The van der Waals surface area contributed by atoms with Crippen LogP contribution in [0, 0.1) is 6.92 Å². The molecule has 1 aromatic rings. The molecule has 0 fully saturated rings. The van der Waals surface area contributed by atoms with Crippen molar-refractivity contribution in [3.05, 3.63) is 23.8 Å². The van der Waals surface area contributed by atoms with Crippen LogP contribution in [0.1, 0.15) is 12.0 Å². The first-order chi connectivity index (χ1) is 8.80. The number of nitrogens with two attached hydrogens (primary N) is 2. The number of sulfone groups is 1. The molecular formula is C12H18N2O4S. The Morgan fingerprint density at radius 3 is 2.58 bits per heavy atom. The smallest absolute Gasteiger partial charge is 0.218 e. The average Bonchev–Trinajstić information content (AvgIpc) is 2.29. The standard InChI is InChI=1S/C12H18N2O4S/c1-9-8-10(13)2-3-11(9)18-5-7-19(16,17)6-4-12(14)15/h2-3,8H,4-7,13H2,1H3,(H2,14,15). The highest BCUT2D eigenvalue weighted by atomic mass is 32.2. The molecule has 0 aromatic heterocycles. The number of nitrogen functional groups attached to an aromatic ring is 1. The fourth-order valence-corrected chi connectivity index (χ4v) is 2.52. The van der Waals surface area contributed by atoms with Crippen LogP contribution in [-0.2, 0) is 14.6 Å².